The molecule has 2 fully saturated rings. The van der Waals surface area contributed by atoms with Crippen LogP contribution in [0.3, 0.4) is 0 Å². The Kier molecular flexibility index (Phi) is 10.1. The van der Waals surface area contributed by atoms with Gasteiger partial charge in [-0.15, -0.1) is 0 Å². The Morgan fingerprint density at radius 1 is 1.10 bits per heavy atom. The average Bonchev–Trinajstić information content (AvgIpc) is 2.92. The fraction of sp³-hybridized carbons (Fsp3) is 0.562. The standard InChI is InChI=1S/C32H46N6O2/c1-6-38(27-11-9-26(33)10-12-27)30-20-25(8-7-13-37-16-14-36(5)15-17-37)19-28(24(30)4)31(39)34-21-29-22(2)18-23(3)35-32(29)40/h18-20,26-27H,6,9-17,21,33H2,1-5H3,(H,34,39)(H,35,40)/t26-,27-. The molecule has 1 aromatic carbocycles. The maximum Gasteiger partial charge on any atom is 0.253 e. The molecule has 0 unspecified atom stereocenters. The number of nitrogens with two attached hydrogens (primary N) is 1. The third-order valence-electron chi connectivity index (χ3n) is 8.51. The van der Waals surface area contributed by atoms with Gasteiger partial charge >= 0.3 is 0 Å². The van der Waals surface area contributed by atoms with Crippen LogP contribution in [-0.2, 0) is 6.54 Å². The highest BCUT2D eigenvalue weighted by Crippen LogP contribution is 2.32. The van der Waals surface area contributed by atoms with Crippen LogP contribution in [0.5, 0.6) is 0 Å². The van der Waals surface area contributed by atoms with Crippen molar-refractivity contribution in [3.8, 4) is 11.8 Å². The maximum absolute atomic E-state index is 13.6. The number of carbonyl (C=O) groups is 1. The first-order chi connectivity index (χ1) is 19.2. The Bertz CT molecular complexity index is 1310. The van der Waals surface area contributed by atoms with E-state index in [2.05, 4.69) is 56.9 Å². The maximum atomic E-state index is 13.6. The zero-order chi connectivity index (χ0) is 28.8. The minimum absolute atomic E-state index is 0.161. The minimum atomic E-state index is -0.192. The first-order valence-electron chi connectivity index (χ1n) is 14.7. The Morgan fingerprint density at radius 3 is 2.45 bits per heavy atom. The second kappa shape index (κ2) is 13.5. The van der Waals surface area contributed by atoms with Gasteiger partial charge in [0.2, 0.25) is 0 Å². The van der Waals surface area contributed by atoms with E-state index >= 15 is 0 Å². The van der Waals surface area contributed by atoms with Gasteiger partial charge < -0.3 is 25.8 Å². The summed E-state index contributed by atoms with van der Waals surface area (Å²) in [4.78, 5) is 36.1. The van der Waals surface area contributed by atoms with Crippen LogP contribution < -0.4 is 21.5 Å². The molecule has 0 radical (unpaired) electrons. The van der Waals surface area contributed by atoms with Gasteiger partial charge in [0.15, 0.2) is 0 Å². The normalized spacial score (nSPS) is 20.1. The first-order valence-corrected chi connectivity index (χ1v) is 14.7. The molecule has 1 saturated heterocycles. The van der Waals surface area contributed by atoms with E-state index in [9.17, 15) is 9.59 Å². The van der Waals surface area contributed by atoms with Crippen LogP contribution >= 0.6 is 0 Å². The predicted octanol–water partition coefficient (Wildman–Crippen LogP) is 2.93. The van der Waals surface area contributed by atoms with Crippen LogP contribution in [0.4, 0.5) is 5.69 Å². The van der Waals surface area contributed by atoms with Crippen LogP contribution in [0, 0.1) is 32.6 Å². The van der Waals surface area contributed by atoms with Crippen LogP contribution in [0.15, 0.2) is 23.0 Å². The number of benzene rings is 1. The Balaban J connectivity index is 1.62. The number of amides is 1. The molecule has 4 N–H and O–H groups in total. The lowest BCUT2D eigenvalue weighted by Crippen LogP contribution is -2.44. The number of aromatic amines is 1. The lowest BCUT2D eigenvalue weighted by Gasteiger charge is -2.38. The van der Waals surface area contributed by atoms with Gasteiger partial charge in [-0.25, -0.2) is 0 Å². The number of carbonyl (C=O) groups excluding carboxylic acids is 1. The third-order valence-corrected chi connectivity index (χ3v) is 8.51. The molecule has 40 heavy (non-hydrogen) atoms. The second-order valence-corrected chi connectivity index (χ2v) is 11.5. The van der Waals surface area contributed by atoms with Gasteiger partial charge in [0, 0.05) is 79.4 Å². The van der Waals surface area contributed by atoms with Crippen molar-refractivity contribution in [1.29, 1.82) is 0 Å². The summed E-state index contributed by atoms with van der Waals surface area (Å²) in [6.45, 7) is 13.8. The molecule has 8 heteroatoms. The summed E-state index contributed by atoms with van der Waals surface area (Å²) in [5.41, 5.74) is 11.8. The summed E-state index contributed by atoms with van der Waals surface area (Å²) >= 11 is 0. The molecule has 0 spiro atoms. The van der Waals surface area contributed by atoms with Crippen molar-refractivity contribution in [3.05, 3.63) is 62.1 Å². The highest BCUT2D eigenvalue weighted by atomic mass is 16.1. The molecule has 8 nitrogen and oxygen atoms in total. The highest BCUT2D eigenvalue weighted by molar-refractivity contribution is 5.97. The predicted molar refractivity (Wildman–Crippen MR) is 163 cm³/mol. The van der Waals surface area contributed by atoms with Crippen molar-refractivity contribution < 1.29 is 4.79 Å². The Hall–Kier alpha value is -3.12. The molecule has 1 amide bonds. The number of rotatable bonds is 7. The van der Waals surface area contributed by atoms with Gasteiger partial charge in [0.25, 0.3) is 11.5 Å². The number of nitrogens with one attached hydrogen (secondary N) is 2. The van der Waals surface area contributed by atoms with E-state index in [1.807, 2.05) is 32.9 Å². The summed E-state index contributed by atoms with van der Waals surface area (Å²) < 4.78 is 0. The molecule has 1 aliphatic heterocycles. The topological polar surface area (TPSA) is 97.7 Å². The van der Waals surface area contributed by atoms with Gasteiger partial charge in [-0.2, -0.15) is 0 Å². The molecule has 216 valence electrons. The van der Waals surface area contributed by atoms with Crippen molar-refractivity contribution in [2.45, 2.75) is 72.0 Å². The van der Waals surface area contributed by atoms with E-state index in [-0.39, 0.29) is 24.1 Å². The number of likely N-dealkylation sites (N-methyl/N-ethyl adjacent to an activating group) is 1. The fourth-order valence-electron chi connectivity index (χ4n) is 5.97. The summed E-state index contributed by atoms with van der Waals surface area (Å²) in [6.07, 6.45) is 4.13. The number of piperazine rings is 1. The molecule has 2 heterocycles. The number of H-pyrrole nitrogens is 1. The van der Waals surface area contributed by atoms with Crippen LogP contribution in [0.2, 0.25) is 0 Å². The van der Waals surface area contributed by atoms with E-state index in [4.69, 9.17) is 5.73 Å². The number of aromatic nitrogens is 1. The van der Waals surface area contributed by atoms with Crippen LogP contribution in [0.25, 0.3) is 0 Å². The highest BCUT2D eigenvalue weighted by Gasteiger charge is 2.26. The fourth-order valence-corrected chi connectivity index (χ4v) is 5.97. The molecule has 0 bridgehead atoms. The second-order valence-electron chi connectivity index (χ2n) is 11.5. The summed E-state index contributed by atoms with van der Waals surface area (Å²) in [6, 6.07) is 6.65. The molecule has 4 rings (SSSR count). The number of aryl methyl sites for hydroxylation is 2. The molecule has 1 saturated carbocycles. The smallest absolute Gasteiger partial charge is 0.253 e. The number of hydrogen-bond donors (Lipinski definition) is 3. The first kappa shape index (κ1) is 29.9. The quantitative estimate of drug-likeness (QED) is 0.462. The minimum Gasteiger partial charge on any atom is -0.369 e. The summed E-state index contributed by atoms with van der Waals surface area (Å²) in [5, 5.41) is 3.01. The monoisotopic (exact) mass is 546 g/mol. The van der Waals surface area contributed by atoms with Gasteiger partial charge in [-0.1, -0.05) is 11.8 Å². The molecular formula is C32H46N6O2. The van der Waals surface area contributed by atoms with E-state index in [0.29, 0.717) is 23.7 Å². The lowest BCUT2D eigenvalue weighted by atomic mass is 9.89. The van der Waals surface area contributed by atoms with Crippen LogP contribution in [-0.4, -0.2) is 79.1 Å². The van der Waals surface area contributed by atoms with E-state index < -0.39 is 0 Å². The van der Waals surface area contributed by atoms with Crippen molar-refractivity contribution in [2.24, 2.45) is 5.73 Å². The number of nitrogens with zero attached hydrogens (tertiary/aromatic N) is 3. The lowest BCUT2D eigenvalue weighted by molar-refractivity contribution is 0.0950. The molecular weight excluding hydrogens is 500 g/mol. The SMILES string of the molecule is CCN(c1cc(C#CCN2CCN(C)CC2)cc(C(=O)NCc2c(C)cc(C)[nH]c2=O)c1C)[C@H]1CC[C@H](N)CC1. The molecule has 1 aliphatic carbocycles. The number of anilines is 1. The Labute approximate surface area is 239 Å². The zero-order valence-corrected chi connectivity index (χ0v) is 24.9. The molecule has 0 atom stereocenters. The summed E-state index contributed by atoms with van der Waals surface area (Å²) in [7, 11) is 2.15. The molecule has 1 aromatic heterocycles. The summed E-state index contributed by atoms with van der Waals surface area (Å²) in [5.74, 6) is 6.54. The Morgan fingerprint density at radius 2 is 1.80 bits per heavy atom. The molecule has 2 aliphatic rings. The average molecular weight is 547 g/mol. The van der Waals surface area contributed by atoms with E-state index in [1.54, 1.807) is 0 Å². The van der Waals surface area contributed by atoms with Gasteiger partial charge in [-0.05, 0) is 89.8 Å². The van der Waals surface area contributed by atoms with Crippen molar-refractivity contribution >= 4 is 11.6 Å². The van der Waals surface area contributed by atoms with Gasteiger partial charge in [0.1, 0.15) is 0 Å². The van der Waals surface area contributed by atoms with E-state index in [0.717, 1.165) is 86.5 Å². The van der Waals surface area contributed by atoms with E-state index in [1.165, 1.54) is 0 Å². The van der Waals surface area contributed by atoms with Gasteiger partial charge in [0.05, 0.1) is 6.54 Å². The van der Waals surface area contributed by atoms with Crippen molar-refractivity contribution in [1.82, 2.24) is 20.1 Å². The van der Waals surface area contributed by atoms with Gasteiger partial charge in [-0.3, -0.25) is 14.5 Å². The van der Waals surface area contributed by atoms with Crippen LogP contribution in [0.1, 0.15) is 70.9 Å². The van der Waals surface area contributed by atoms with Crippen molar-refractivity contribution in [2.75, 3.05) is 51.2 Å². The number of hydrogen-bond acceptors (Lipinski definition) is 6. The zero-order valence-electron chi connectivity index (χ0n) is 24.9. The largest absolute Gasteiger partial charge is 0.369 e. The van der Waals surface area contributed by atoms with Crippen molar-refractivity contribution in [3.63, 3.8) is 0 Å². The molecule has 2 aromatic rings. The third kappa shape index (κ3) is 7.34. The number of pyridine rings is 1.